The van der Waals surface area contributed by atoms with E-state index in [1.807, 2.05) is 48.7 Å². The number of fused-ring (bicyclic) bond motifs is 3. The van der Waals surface area contributed by atoms with Crippen LogP contribution in [-0.4, -0.2) is 64.0 Å². The van der Waals surface area contributed by atoms with E-state index in [0.29, 0.717) is 11.7 Å². The smallest absolute Gasteiger partial charge is 0.248 e. The number of nitrogens with zero attached hydrogens (tertiary/aromatic N) is 7. The molecule has 10 heteroatoms. The number of aryl methyl sites for hydroxylation is 1. The Morgan fingerprint density at radius 2 is 1.84 bits per heavy atom. The molecule has 0 aromatic carbocycles. The van der Waals surface area contributed by atoms with Gasteiger partial charge in [0.1, 0.15) is 18.1 Å². The van der Waals surface area contributed by atoms with Crippen LogP contribution >= 0.6 is 0 Å². The predicted octanol–water partition coefficient (Wildman–Crippen LogP) is 2.88. The van der Waals surface area contributed by atoms with Gasteiger partial charge < -0.3 is 15.7 Å². The van der Waals surface area contributed by atoms with Crippen molar-refractivity contribution in [1.82, 2.24) is 34.3 Å². The zero-order valence-electron chi connectivity index (χ0n) is 20.8. The van der Waals surface area contributed by atoms with Gasteiger partial charge in [0.15, 0.2) is 5.65 Å². The maximum absolute atomic E-state index is 12.4. The molecule has 2 aliphatic heterocycles. The fraction of sp³-hybridized carbons (Fsp3) is 0.444. The average Bonchev–Trinajstić information content (AvgIpc) is 3.40. The second-order valence-electron chi connectivity index (χ2n) is 10.7. The Balaban J connectivity index is 1.28. The van der Waals surface area contributed by atoms with E-state index >= 15 is 0 Å². The lowest BCUT2D eigenvalue weighted by Crippen LogP contribution is -2.47. The number of nitrogen functional groups attached to an aromatic ring is 1. The first-order chi connectivity index (χ1) is 18.0. The molecule has 3 aliphatic rings. The number of pyridine rings is 1. The Bertz CT molecular complexity index is 1490. The van der Waals surface area contributed by atoms with Gasteiger partial charge in [0.05, 0.1) is 17.6 Å². The van der Waals surface area contributed by atoms with Crippen LogP contribution in [0.15, 0.2) is 36.8 Å². The van der Waals surface area contributed by atoms with E-state index in [2.05, 4.69) is 15.2 Å². The van der Waals surface area contributed by atoms with Crippen LogP contribution in [0.25, 0.3) is 28.2 Å². The fourth-order valence-corrected chi connectivity index (χ4v) is 6.50. The second kappa shape index (κ2) is 8.37. The Kier molecular flexibility index (Phi) is 5.07. The van der Waals surface area contributed by atoms with Gasteiger partial charge in [-0.25, -0.2) is 4.98 Å². The van der Waals surface area contributed by atoms with Crippen molar-refractivity contribution in [3.05, 3.63) is 48.0 Å². The van der Waals surface area contributed by atoms with Crippen LogP contribution in [-0.2, 0) is 11.8 Å². The first-order valence-electron chi connectivity index (χ1n) is 13.1. The van der Waals surface area contributed by atoms with E-state index in [4.69, 9.17) is 10.7 Å². The maximum atomic E-state index is 12.4. The molecule has 4 aromatic heterocycles. The molecule has 0 spiro atoms. The third kappa shape index (κ3) is 3.61. The highest BCUT2D eigenvalue weighted by atomic mass is 16.3. The lowest BCUT2D eigenvalue weighted by atomic mass is 9.85. The summed E-state index contributed by atoms with van der Waals surface area (Å²) in [6.07, 6.45) is 11.5. The van der Waals surface area contributed by atoms with E-state index in [1.54, 1.807) is 9.20 Å². The molecule has 190 valence electrons. The lowest BCUT2D eigenvalue weighted by Gasteiger charge is -2.39. The molecule has 2 bridgehead atoms. The van der Waals surface area contributed by atoms with Gasteiger partial charge in [0.25, 0.3) is 0 Å². The molecule has 0 radical (unpaired) electrons. The topological polar surface area (TPSA) is 127 Å². The molecule has 7 rings (SSSR count). The number of amides is 1. The number of anilines is 1. The van der Waals surface area contributed by atoms with Gasteiger partial charge in [-0.2, -0.15) is 14.7 Å². The number of hydrogen-bond donors (Lipinski definition) is 2. The largest absolute Gasteiger partial charge is 0.387 e. The summed E-state index contributed by atoms with van der Waals surface area (Å²) in [7, 11) is 1.89. The number of aromatic nitrogens is 6. The van der Waals surface area contributed by atoms with Gasteiger partial charge in [-0.1, -0.05) is 6.07 Å². The number of aliphatic hydroxyl groups is 1. The molecule has 1 amide bonds. The molecule has 10 nitrogen and oxygen atoms in total. The summed E-state index contributed by atoms with van der Waals surface area (Å²) in [5.41, 5.74) is 13.2. The molecular formula is C27H30N8O2. The summed E-state index contributed by atoms with van der Waals surface area (Å²) < 4.78 is 3.54. The average molecular weight is 499 g/mol. The summed E-state index contributed by atoms with van der Waals surface area (Å²) in [6.45, 7) is -0.422. The van der Waals surface area contributed by atoms with Gasteiger partial charge in [0.2, 0.25) is 5.91 Å². The number of hydrogen-bond acceptors (Lipinski definition) is 7. The van der Waals surface area contributed by atoms with Crippen LogP contribution in [0.3, 0.4) is 0 Å². The molecule has 1 unspecified atom stereocenters. The highest BCUT2D eigenvalue weighted by Crippen LogP contribution is 2.50. The first kappa shape index (κ1) is 22.4. The molecule has 2 saturated heterocycles. The van der Waals surface area contributed by atoms with E-state index in [1.165, 1.54) is 0 Å². The number of carbonyl (C=O) groups is 1. The Labute approximate surface area is 214 Å². The fourth-order valence-electron chi connectivity index (χ4n) is 6.50. The summed E-state index contributed by atoms with van der Waals surface area (Å²) in [6, 6.07) is 6.25. The van der Waals surface area contributed by atoms with E-state index in [9.17, 15) is 9.90 Å². The number of nitrogens with two attached hydrogens (primary N) is 1. The maximum Gasteiger partial charge on any atom is 0.248 e. The van der Waals surface area contributed by atoms with Crippen LogP contribution in [0.4, 0.5) is 5.82 Å². The second-order valence-corrected chi connectivity index (χ2v) is 10.7. The minimum Gasteiger partial charge on any atom is -0.387 e. The van der Waals surface area contributed by atoms with Crippen molar-refractivity contribution in [3.63, 3.8) is 0 Å². The molecule has 1 saturated carbocycles. The Morgan fingerprint density at radius 1 is 1.05 bits per heavy atom. The van der Waals surface area contributed by atoms with Crippen molar-refractivity contribution in [2.75, 3.05) is 12.3 Å². The van der Waals surface area contributed by atoms with Crippen molar-refractivity contribution in [1.29, 1.82) is 0 Å². The van der Waals surface area contributed by atoms with Crippen LogP contribution < -0.4 is 5.73 Å². The van der Waals surface area contributed by atoms with Crippen LogP contribution in [0, 0.1) is 0 Å². The molecule has 37 heavy (non-hydrogen) atoms. The molecule has 3 N–H and O–H groups in total. The van der Waals surface area contributed by atoms with Gasteiger partial charge in [-0.05, 0) is 56.6 Å². The third-order valence-electron chi connectivity index (χ3n) is 8.33. The highest BCUT2D eigenvalue weighted by molar-refractivity contribution is 5.80. The van der Waals surface area contributed by atoms with Gasteiger partial charge in [-0.15, -0.1) is 0 Å². The number of aliphatic hydroxyl groups excluding tert-OH is 1. The van der Waals surface area contributed by atoms with Crippen LogP contribution in [0.2, 0.25) is 0 Å². The zero-order valence-corrected chi connectivity index (χ0v) is 20.8. The first-order valence-corrected chi connectivity index (χ1v) is 13.1. The van der Waals surface area contributed by atoms with Crippen molar-refractivity contribution >= 4 is 17.4 Å². The lowest BCUT2D eigenvalue weighted by molar-refractivity contribution is -0.138. The van der Waals surface area contributed by atoms with Gasteiger partial charge in [-0.3, -0.25) is 14.5 Å². The molecule has 4 aromatic rings. The number of piperidine rings is 1. The minimum absolute atomic E-state index is 0.155. The van der Waals surface area contributed by atoms with Crippen molar-refractivity contribution < 1.29 is 9.90 Å². The normalized spacial score (nSPS) is 23.2. The van der Waals surface area contributed by atoms with Crippen molar-refractivity contribution in [3.8, 4) is 22.5 Å². The Hall–Kier alpha value is -3.79. The SMILES string of the molecule is Cn1ccc(-c2ccc(-c3cnn4c(N)c(C5CC5)c(C5C[C@H]6CC[C@@H](C5)N6C(=O)CO)nc34)cn2)n1. The minimum atomic E-state index is -0.422. The van der Waals surface area contributed by atoms with Crippen LogP contribution in [0.1, 0.15) is 61.6 Å². The summed E-state index contributed by atoms with van der Waals surface area (Å²) in [5.74, 6) is 1.17. The van der Waals surface area contributed by atoms with Gasteiger partial charge in [0, 0.05) is 54.1 Å². The van der Waals surface area contributed by atoms with E-state index in [-0.39, 0.29) is 23.9 Å². The summed E-state index contributed by atoms with van der Waals surface area (Å²) >= 11 is 0. The number of rotatable bonds is 5. The molecule has 3 atom stereocenters. The number of carbonyl (C=O) groups excluding carboxylic acids is 1. The van der Waals surface area contributed by atoms with Crippen molar-refractivity contribution in [2.24, 2.45) is 7.05 Å². The molecule has 3 fully saturated rings. The van der Waals surface area contributed by atoms with E-state index in [0.717, 1.165) is 77.9 Å². The Morgan fingerprint density at radius 3 is 2.46 bits per heavy atom. The summed E-state index contributed by atoms with van der Waals surface area (Å²) in [4.78, 5) is 24.2. The molecule has 6 heterocycles. The quantitative estimate of drug-likeness (QED) is 0.433. The zero-order chi connectivity index (χ0) is 25.3. The highest BCUT2D eigenvalue weighted by Gasteiger charge is 2.45. The molecule has 1 aliphatic carbocycles. The van der Waals surface area contributed by atoms with Gasteiger partial charge >= 0.3 is 0 Å². The van der Waals surface area contributed by atoms with Crippen molar-refractivity contribution in [2.45, 2.75) is 62.4 Å². The van der Waals surface area contributed by atoms with Crippen LogP contribution in [0.5, 0.6) is 0 Å². The standard InChI is InChI=1S/C27H30N8O2/c1-33-9-8-22(32-33)21-7-4-16(12-29-21)20-13-30-35-26(28)24(15-2-3-15)25(31-27(20)35)17-10-18-5-6-19(11-17)34(18)23(37)14-36/h4,7-9,12-13,15,17-19,36H,2-3,5-6,10-11,14,28H2,1H3/t17?,18-,19+. The predicted molar refractivity (Wildman–Crippen MR) is 138 cm³/mol. The third-order valence-corrected chi connectivity index (χ3v) is 8.33. The molecular weight excluding hydrogens is 468 g/mol. The van der Waals surface area contributed by atoms with E-state index < -0.39 is 6.61 Å². The summed E-state index contributed by atoms with van der Waals surface area (Å²) in [5, 5.41) is 18.5. The monoisotopic (exact) mass is 498 g/mol.